The zero-order valence-corrected chi connectivity index (χ0v) is 12.9. The standard InChI is InChI=1S/C15H16ClN3O3/c1-18-9-10(8-17-18)13(20)7-11-3-2-5-19(11)15(21)12-4-6-22-14(12)16/h4,6,8-9,11H,2-3,5,7H2,1H3/t11-/m1/s1. The van der Waals surface area contributed by atoms with Gasteiger partial charge >= 0.3 is 0 Å². The van der Waals surface area contributed by atoms with Gasteiger partial charge in [0.1, 0.15) is 0 Å². The molecule has 0 N–H and O–H groups in total. The Labute approximate surface area is 132 Å². The highest BCUT2D eigenvalue weighted by Crippen LogP contribution is 2.26. The summed E-state index contributed by atoms with van der Waals surface area (Å²) >= 11 is 5.87. The Morgan fingerprint density at radius 3 is 2.95 bits per heavy atom. The van der Waals surface area contributed by atoms with E-state index in [4.69, 9.17) is 16.0 Å². The second kappa shape index (κ2) is 5.96. The van der Waals surface area contributed by atoms with Crippen molar-refractivity contribution >= 4 is 23.3 Å². The predicted octanol–water partition coefficient (Wildman–Crippen LogP) is 2.54. The van der Waals surface area contributed by atoms with Crippen LogP contribution in [0.1, 0.15) is 40.0 Å². The lowest BCUT2D eigenvalue weighted by molar-refractivity contribution is 0.0716. The van der Waals surface area contributed by atoms with E-state index in [1.807, 2.05) is 0 Å². The highest BCUT2D eigenvalue weighted by Gasteiger charge is 2.32. The summed E-state index contributed by atoms with van der Waals surface area (Å²) < 4.78 is 6.57. The molecule has 0 aromatic carbocycles. The van der Waals surface area contributed by atoms with E-state index >= 15 is 0 Å². The van der Waals surface area contributed by atoms with Crippen LogP contribution in [0.3, 0.4) is 0 Å². The lowest BCUT2D eigenvalue weighted by Crippen LogP contribution is -2.36. The first-order chi connectivity index (χ1) is 10.6. The van der Waals surface area contributed by atoms with Crippen LogP contribution in [0.4, 0.5) is 0 Å². The minimum absolute atomic E-state index is 0.00362. The maximum absolute atomic E-state index is 12.5. The number of ketones is 1. The molecule has 1 aliphatic rings. The van der Waals surface area contributed by atoms with Crippen molar-refractivity contribution < 1.29 is 14.0 Å². The Balaban J connectivity index is 1.72. The number of nitrogens with zero attached hydrogens (tertiary/aromatic N) is 3. The Morgan fingerprint density at radius 2 is 2.32 bits per heavy atom. The molecule has 1 fully saturated rings. The van der Waals surface area contributed by atoms with E-state index in [2.05, 4.69) is 5.10 Å². The molecule has 0 radical (unpaired) electrons. The molecule has 2 aromatic rings. The Morgan fingerprint density at radius 1 is 1.50 bits per heavy atom. The number of furan rings is 1. The lowest BCUT2D eigenvalue weighted by Gasteiger charge is -2.23. The summed E-state index contributed by atoms with van der Waals surface area (Å²) in [5.41, 5.74) is 0.922. The molecule has 0 saturated carbocycles. The number of halogens is 1. The Hall–Kier alpha value is -2.08. The number of likely N-dealkylation sites (tertiary alicyclic amines) is 1. The third kappa shape index (κ3) is 2.78. The SMILES string of the molecule is Cn1cc(C(=O)C[C@H]2CCCN2C(=O)c2ccoc2Cl)cn1. The van der Waals surface area contributed by atoms with Crippen LogP contribution in [-0.4, -0.2) is 39.0 Å². The smallest absolute Gasteiger partial charge is 0.258 e. The van der Waals surface area contributed by atoms with Gasteiger partial charge in [-0.25, -0.2) is 0 Å². The third-order valence-electron chi connectivity index (χ3n) is 3.93. The van der Waals surface area contributed by atoms with Crippen LogP contribution in [-0.2, 0) is 7.05 Å². The predicted molar refractivity (Wildman–Crippen MR) is 79.9 cm³/mol. The minimum atomic E-state index is -0.180. The van der Waals surface area contributed by atoms with Crippen molar-refractivity contribution in [3.8, 4) is 0 Å². The fraction of sp³-hybridized carbons (Fsp3) is 0.400. The molecular weight excluding hydrogens is 306 g/mol. The molecule has 0 aliphatic carbocycles. The summed E-state index contributed by atoms with van der Waals surface area (Å²) in [5.74, 6) is -0.184. The average Bonchev–Trinajstić information content (AvgIpc) is 3.19. The first kappa shape index (κ1) is 14.8. The molecule has 7 heteroatoms. The number of hydrogen-bond acceptors (Lipinski definition) is 4. The molecule has 1 amide bonds. The zero-order chi connectivity index (χ0) is 15.7. The number of rotatable bonds is 4. The number of carbonyl (C=O) groups is 2. The summed E-state index contributed by atoms with van der Waals surface area (Å²) in [6.45, 7) is 0.630. The maximum atomic E-state index is 12.5. The minimum Gasteiger partial charge on any atom is -0.452 e. The zero-order valence-electron chi connectivity index (χ0n) is 12.2. The maximum Gasteiger partial charge on any atom is 0.258 e. The molecule has 6 nitrogen and oxygen atoms in total. The van der Waals surface area contributed by atoms with E-state index in [1.165, 1.54) is 6.26 Å². The van der Waals surface area contributed by atoms with Crippen molar-refractivity contribution in [3.63, 3.8) is 0 Å². The molecule has 1 saturated heterocycles. The van der Waals surface area contributed by atoms with Crippen molar-refractivity contribution in [2.75, 3.05) is 6.54 Å². The second-order valence-electron chi connectivity index (χ2n) is 5.43. The molecule has 1 aliphatic heterocycles. The molecular formula is C15H16ClN3O3. The van der Waals surface area contributed by atoms with Crippen molar-refractivity contribution in [2.24, 2.45) is 7.05 Å². The quantitative estimate of drug-likeness (QED) is 0.812. The van der Waals surface area contributed by atoms with Gasteiger partial charge in [0.15, 0.2) is 5.78 Å². The number of carbonyl (C=O) groups excluding carboxylic acids is 2. The molecule has 0 spiro atoms. The summed E-state index contributed by atoms with van der Waals surface area (Å²) in [7, 11) is 1.77. The normalized spacial score (nSPS) is 17.9. The first-order valence-electron chi connectivity index (χ1n) is 7.12. The van der Waals surface area contributed by atoms with Gasteiger partial charge in [0, 0.05) is 32.3 Å². The third-order valence-corrected chi connectivity index (χ3v) is 4.23. The molecule has 116 valence electrons. The number of aryl methyl sites for hydroxylation is 1. The van der Waals surface area contributed by atoms with Gasteiger partial charge in [-0.05, 0) is 30.5 Å². The van der Waals surface area contributed by atoms with E-state index in [-0.39, 0.29) is 23.0 Å². The van der Waals surface area contributed by atoms with Crippen LogP contribution in [0.15, 0.2) is 29.1 Å². The molecule has 0 bridgehead atoms. The molecule has 3 rings (SSSR count). The number of aromatic nitrogens is 2. The topological polar surface area (TPSA) is 68.3 Å². The van der Waals surface area contributed by atoms with Gasteiger partial charge in [-0.2, -0.15) is 5.10 Å². The van der Waals surface area contributed by atoms with Crippen LogP contribution in [0.2, 0.25) is 5.22 Å². The summed E-state index contributed by atoms with van der Waals surface area (Å²) in [5, 5.41) is 4.10. The van der Waals surface area contributed by atoms with E-state index in [0.29, 0.717) is 24.1 Å². The van der Waals surface area contributed by atoms with Crippen molar-refractivity contribution in [3.05, 3.63) is 41.1 Å². The van der Waals surface area contributed by atoms with Gasteiger partial charge in [0.05, 0.1) is 23.6 Å². The highest BCUT2D eigenvalue weighted by molar-refractivity contribution is 6.32. The number of hydrogen-bond donors (Lipinski definition) is 0. The molecule has 2 aromatic heterocycles. The fourth-order valence-corrected chi connectivity index (χ4v) is 3.01. The van der Waals surface area contributed by atoms with Crippen molar-refractivity contribution in [1.29, 1.82) is 0 Å². The van der Waals surface area contributed by atoms with Gasteiger partial charge in [-0.1, -0.05) is 0 Å². The summed E-state index contributed by atoms with van der Waals surface area (Å²) in [4.78, 5) is 26.5. The van der Waals surface area contributed by atoms with Gasteiger partial charge in [-0.15, -0.1) is 0 Å². The highest BCUT2D eigenvalue weighted by atomic mass is 35.5. The molecule has 3 heterocycles. The van der Waals surface area contributed by atoms with Crippen molar-refractivity contribution in [1.82, 2.24) is 14.7 Å². The van der Waals surface area contributed by atoms with Crippen LogP contribution in [0, 0.1) is 0 Å². The summed E-state index contributed by atoms with van der Waals surface area (Å²) in [6, 6.07) is 1.45. The van der Waals surface area contributed by atoms with E-state index in [1.54, 1.807) is 35.1 Å². The van der Waals surface area contributed by atoms with Gasteiger partial charge in [0.2, 0.25) is 5.22 Å². The number of Topliss-reactive ketones (excluding diaryl/α,β-unsaturated/α-hetero) is 1. The largest absolute Gasteiger partial charge is 0.452 e. The Kier molecular flexibility index (Phi) is 4.02. The first-order valence-corrected chi connectivity index (χ1v) is 7.50. The lowest BCUT2D eigenvalue weighted by atomic mass is 10.0. The average molecular weight is 322 g/mol. The summed E-state index contributed by atoms with van der Waals surface area (Å²) in [6.07, 6.45) is 6.63. The molecule has 1 atom stereocenters. The molecule has 22 heavy (non-hydrogen) atoms. The molecule has 0 unspecified atom stereocenters. The van der Waals surface area contributed by atoms with Crippen LogP contribution in [0.25, 0.3) is 0 Å². The Bertz CT molecular complexity index is 706. The number of amides is 1. The van der Waals surface area contributed by atoms with Gasteiger partial charge in [0.25, 0.3) is 5.91 Å². The van der Waals surface area contributed by atoms with E-state index in [9.17, 15) is 9.59 Å². The van der Waals surface area contributed by atoms with E-state index in [0.717, 1.165) is 12.8 Å². The van der Waals surface area contributed by atoms with Crippen LogP contribution >= 0.6 is 11.6 Å². The van der Waals surface area contributed by atoms with Crippen LogP contribution in [0.5, 0.6) is 0 Å². The van der Waals surface area contributed by atoms with E-state index < -0.39 is 0 Å². The fourth-order valence-electron chi connectivity index (χ4n) is 2.81. The van der Waals surface area contributed by atoms with Crippen LogP contribution < -0.4 is 0 Å². The monoisotopic (exact) mass is 321 g/mol. The van der Waals surface area contributed by atoms with Gasteiger partial charge in [-0.3, -0.25) is 14.3 Å². The van der Waals surface area contributed by atoms with Gasteiger partial charge < -0.3 is 9.32 Å². The second-order valence-corrected chi connectivity index (χ2v) is 5.78. The van der Waals surface area contributed by atoms with Crippen molar-refractivity contribution in [2.45, 2.75) is 25.3 Å².